The summed E-state index contributed by atoms with van der Waals surface area (Å²) in [5, 5.41) is 9.41. The summed E-state index contributed by atoms with van der Waals surface area (Å²) >= 11 is 0. The molecular weight excluding hydrogens is 205 g/mol. The lowest BCUT2D eigenvalue weighted by atomic mass is 10.1. The molecule has 0 aromatic heterocycles. The Kier molecular flexibility index (Phi) is 3.70. The summed E-state index contributed by atoms with van der Waals surface area (Å²) in [5.41, 5.74) is 0.188. The van der Waals surface area contributed by atoms with Gasteiger partial charge in [-0.15, -0.1) is 0 Å². The Bertz CT molecular complexity index is 356. The van der Waals surface area contributed by atoms with Gasteiger partial charge in [-0.1, -0.05) is 0 Å². The number of hydrogen-bond donors (Lipinski definition) is 2. The van der Waals surface area contributed by atoms with Crippen LogP contribution in [-0.2, 0) is 11.4 Å². The van der Waals surface area contributed by atoms with Crippen molar-refractivity contribution in [1.29, 1.82) is 0 Å². The molecule has 3 N–H and O–H groups in total. The van der Waals surface area contributed by atoms with Gasteiger partial charge in [-0.25, -0.2) is 5.90 Å². The molecule has 0 amide bonds. The Morgan fingerprint density at radius 2 is 2.07 bits per heavy atom. The van der Waals surface area contributed by atoms with Crippen LogP contribution in [0.1, 0.15) is 5.56 Å². The average molecular weight is 217 g/mol. The zero-order valence-electron chi connectivity index (χ0n) is 8.41. The third kappa shape index (κ3) is 2.11. The Labute approximate surface area is 86.1 Å². The van der Waals surface area contributed by atoms with E-state index < -0.39 is 11.6 Å². The zero-order valence-corrected chi connectivity index (χ0v) is 8.41. The van der Waals surface area contributed by atoms with Crippen LogP contribution in [-0.4, -0.2) is 19.3 Å². The Hall–Kier alpha value is -1.53. The minimum absolute atomic E-state index is 0.122. The van der Waals surface area contributed by atoms with Gasteiger partial charge in [0.15, 0.2) is 11.5 Å². The van der Waals surface area contributed by atoms with Crippen molar-refractivity contribution in [2.45, 2.75) is 6.61 Å². The second kappa shape index (κ2) is 4.81. The Morgan fingerprint density at radius 3 is 2.53 bits per heavy atom. The molecule has 84 valence electrons. The van der Waals surface area contributed by atoms with Crippen LogP contribution >= 0.6 is 0 Å². The van der Waals surface area contributed by atoms with Gasteiger partial charge in [0.25, 0.3) is 0 Å². The Balaban J connectivity index is 3.29. The highest BCUT2D eigenvalue weighted by atomic mass is 19.1. The summed E-state index contributed by atoms with van der Waals surface area (Å²) in [5.74, 6) is 3.39. The van der Waals surface area contributed by atoms with Crippen LogP contribution < -0.4 is 15.4 Å². The second-order valence-corrected chi connectivity index (χ2v) is 2.74. The van der Waals surface area contributed by atoms with Gasteiger partial charge < -0.3 is 14.6 Å². The van der Waals surface area contributed by atoms with Crippen LogP contribution in [0.25, 0.3) is 0 Å². The topological polar surface area (TPSA) is 73.9 Å². The SMILES string of the molecule is COc1cc(CON)c(O)c(F)c1OC. The second-order valence-electron chi connectivity index (χ2n) is 2.74. The number of ether oxygens (including phenoxy) is 2. The van der Waals surface area contributed by atoms with Crippen LogP contribution in [0.5, 0.6) is 17.2 Å². The molecule has 1 rings (SSSR count). The molecule has 0 radical (unpaired) electrons. The number of phenolic OH excluding ortho intramolecular Hbond substituents is 1. The molecule has 0 bridgehead atoms. The summed E-state index contributed by atoms with van der Waals surface area (Å²) in [4.78, 5) is 4.31. The van der Waals surface area contributed by atoms with Crippen molar-refractivity contribution >= 4 is 0 Å². The largest absolute Gasteiger partial charge is 0.504 e. The van der Waals surface area contributed by atoms with Crippen molar-refractivity contribution < 1.29 is 23.8 Å². The van der Waals surface area contributed by atoms with E-state index in [1.54, 1.807) is 0 Å². The fraction of sp³-hybridized carbons (Fsp3) is 0.333. The van der Waals surface area contributed by atoms with Gasteiger partial charge in [0.05, 0.1) is 20.8 Å². The van der Waals surface area contributed by atoms with E-state index in [-0.39, 0.29) is 23.7 Å². The molecule has 0 spiro atoms. The smallest absolute Gasteiger partial charge is 0.210 e. The van der Waals surface area contributed by atoms with Gasteiger partial charge >= 0.3 is 0 Å². The summed E-state index contributed by atoms with van der Waals surface area (Å²) in [6.45, 7) is -0.122. The average Bonchev–Trinajstić information content (AvgIpc) is 2.24. The lowest BCUT2D eigenvalue weighted by Gasteiger charge is -2.12. The van der Waals surface area contributed by atoms with E-state index in [9.17, 15) is 9.50 Å². The van der Waals surface area contributed by atoms with Crippen molar-refractivity contribution in [2.75, 3.05) is 14.2 Å². The number of hydrogen-bond acceptors (Lipinski definition) is 5. The fourth-order valence-electron chi connectivity index (χ4n) is 1.19. The standard InChI is InChI=1S/C9H12FNO4/c1-13-6-3-5(4-15-11)8(12)7(10)9(6)14-2/h3,12H,4,11H2,1-2H3. The van der Waals surface area contributed by atoms with Gasteiger partial charge in [-0.2, -0.15) is 4.39 Å². The maximum absolute atomic E-state index is 13.5. The van der Waals surface area contributed by atoms with Crippen molar-refractivity contribution in [3.8, 4) is 17.2 Å². The van der Waals surface area contributed by atoms with E-state index in [0.29, 0.717) is 0 Å². The van der Waals surface area contributed by atoms with Crippen LogP contribution in [0.15, 0.2) is 6.07 Å². The highest BCUT2D eigenvalue weighted by Crippen LogP contribution is 2.38. The first kappa shape index (κ1) is 11.5. The van der Waals surface area contributed by atoms with E-state index >= 15 is 0 Å². The first-order chi connectivity index (χ1) is 7.15. The predicted octanol–water partition coefficient (Wildman–Crippen LogP) is 0.939. The highest BCUT2D eigenvalue weighted by Gasteiger charge is 2.19. The van der Waals surface area contributed by atoms with Gasteiger partial charge in [0.1, 0.15) is 0 Å². The van der Waals surface area contributed by atoms with E-state index in [1.807, 2.05) is 0 Å². The van der Waals surface area contributed by atoms with Gasteiger partial charge in [-0.3, -0.25) is 4.84 Å². The quantitative estimate of drug-likeness (QED) is 0.734. The molecule has 0 saturated carbocycles. The van der Waals surface area contributed by atoms with Crippen LogP contribution in [0.2, 0.25) is 0 Å². The number of nitrogens with two attached hydrogens (primary N) is 1. The number of halogens is 1. The molecule has 0 saturated heterocycles. The van der Waals surface area contributed by atoms with Crippen molar-refractivity contribution in [2.24, 2.45) is 5.90 Å². The number of rotatable bonds is 4. The molecule has 0 aliphatic carbocycles. The molecule has 0 aliphatic rings. The zero-order chi connectivity index (χ0) is 11.4. The third-order valence-corrected chi connectivity index (χ3v) is 1.90. The minimum atomic E-state index is -0.899. The van der Waals surface area contributed by atoms with Crippen molar-refractivity contribution in [3.63, 3.8) is 0 Å². The summed E-state index contributed by atoms with van der Waals surface area (Å²) in [6, 6.07) is 1.39. The molecule has 6 heteroatoms. The van der Waals surface area contributed by atoms with E-state index in [1.165, 1.54) is 20.3 Å². The van der Waals surface area contributed by atoms with E-state index in [2.05, 4.69) is 4.84 Å². The minimum Gasteiger partial charge on any atom is -0.504 e. The van der Waals surface area contributed by atoms with Gasteiger partial charge in [0, 0.05) is 5.56 Å². The molecule has 0 fully saturated rings. The van der Waals surface area contributed by atoms with Gasteiger partial charge in [0.2, 0.25) is 11.6 Å². The van der Waals surface area contributed by atoms with Crippen LogP contribution in [0.4, 0.5) is 4.39 Å². The number of methoxy groups -OCH3 is 2. The third-order valence-electron chi connectivity index (χ3n) is 1.90. The molecule has 0 aliphatic heterocycles. The molecule has 1 aromatic carbocycles. The first-order valence-electron chi connectivity index (χ1n) is 4.09. The molecule has 0 unspecified atom stereocenters. The summed E-state index contributed by atoms with van der Waals surface area (Å²) in [6.07, 6.45) is 0. The van der Waals surface area contributed by atoms with E-state index in [4.69, 9.17) is 15.4 Å². The summed E-state index contributed by atoms with van der Waals surface area (Å²) in [7, 11) is 2.64. The molecular formula is C9H12FNO4. The number of benzene rings is 1. The molecule has 5 nitrogen and oxygen atoms in total. The highest BCUT2D eigenvalue weighted by molar-refractivity contribution is 5.51. The van der Waals surface area contributed by atoms with Crippen LogP contribution in [0, 0.1) is 5.82 Å². The molecule has 0 heterocycles. The number of aromatic hydroxyl groups is 1. The van der Waals surface area contributed by atoms with Crippen molar-refractivity contribution in [1.82, 2.24) is 0 Å². The lowest BCUT2D eigenvalue weighted by Crippen LogP contribution is -2.02. The van der Waals surface area contributed by atoms with E-state index in [0.717, 1.165) is 0 Å². The first-order valence-corrected chi connectivity index (χ1v) is 4.09. The lowest BCUT2D eigenvalue weighted by molar-refractivity contribution is 0.121. The summed E-state index contributed by atoms with van der Waals surface area (Å²) < 4.78 is 23.1. The monoisotopic (exact) mass is 217 g/mol. The number of phenols is 1. The molecule has 0 atom stereocenters. The Morgan fingerprint density at radius 1 is 1.40 bits per heavy atom. The van der Waals surface area contributed by atoms with Gasteiger partial charge in [-0.05, 0) is 6.07 Å². The maximum Gasteiger partial charge on any atom is 0.210 e. The fourth-order valence-corrected chi connectivity index (χ4v) is 1.19. The molecule has 1 aromatic rings. The predicted molar refractivity (Wildman–Crippen MR) is 50.1 cm³/mol. The maximum atomic E-state index is 13.5. The normalized spacial score (nSPS) is 10.1. The van der Waals surface area contributed by atoms with Crippen LogP contribution in [0.3, 0.4) is 0 Å². The van der Waals surface area contributed by atoms with Crippen molar-refractivity contribution in [3.05, 3.63) is 17.4 Å². The molecule has 15 heavy (non-hydrogen) atoms.